The number of allylic oxidation sites excluding steroid dienone is 3. The molecule has 2 aromatic carbocycles. The number of benzene rings is 2. The quantitative estimate of drug-likeness (QED) is 0.220. The second-order valence-electron chi connectivity index (χ2n) is 11.5. The number of carbonyl (C=O) groups excluding carboxylic acids is 4. The van der Waals surface area contributed by atoms with Crippen LogP contribution in [-0.4, -0.2) is 53.7 Å². The fourth-order valence-electron chi connectivity index (χ4n) is 7.55. The summed E-state index contributed by atoms with van der Waals surface area (Å²) in [5.74, 6) is -4.08. The smallest absolute Gasteiger partial charge is 0.254 e. The predicted molar refractivity (Wildman–Crippen MR) is 157 cm³/mol. The van der Waals surface area contributed by atoms with E-state index in [1.165, 1.54) is 17.2 Å². The number of aromatic hydroxyl groups is 1. The van der Waals surface area contributed by atoms with E-state index in [0.29, 0.717) is 28.9 Å². The molecule has 0 radical (unpaired) electrons. The predicted octanol–water partition coefficient (Wildman–Crippen LogP) is 4.66. The van der Waals surface area contributed by atoms with Gasteiger partial charge in [0.2, 0.25) is 11.8 Å². The largest absolute Gasteiger partial charge is 0.508 e. The molecule has 6 unspecified atom stereocenters. The summed E-state index contributed by atoms with van der Waals surface area (Å²) in [4.78, 5) is 53.9. The molecule has 1 saturated carbocycles. The maximum atomic E-state index is 14.0. The van der Waals surface area contributed by atoms with Crippen molar-refractivity contribution in [2.24, 2.45) is 23.7 Å². The molecule has 11 heteroatoms. The van der Waals surface area contributed by atoms with Crippen LogP contribution in [0.25, 0.3) is 0 Å². The number of halogens is 3. The molecule has 3 fully saturated rings. The number of fused-ring (bicyclic) bond motifs is 5. The Morgan fingerprint density at radius 3 is 2.48 bits per heavy atom. The van der Waals surface area contributed by atoms with E-state index in [-0.39, 0.29) is 42.4 Å². The topological polar surface area (TPSA) is 104 Å². The van der Waals surface area contributed by atoms with E-state index in [1.54, 1.807) is 12.1 Å². The highest BCUT2D eigenvalue weighted by atomic mass is 79.9. The zero-order valence-corrected chi connectivity index (χ0v) is 25.2. The van der Waals surface area contributed by atoms with Crippen LogP contribution < -0.4 is 4.74 Å². The second kappa shape index (κ2) is 9.69. The summed E-state index contributed by atoms with van der Waals surface area (Å²) in [6.45, 7) is 0.149. The zero-order valence-electron chi connectivity index (χ0n) is 22.1. The van der Waals surface area contributed by atoms with Crippen molar-refractivity contribution in [3.8, 4) is 11.5 Å². The highest BCUT2D eigenvalue weighted by Crippen LogP contribution is 2.64. The fraction of sp³-hybridized carbons (Fsp3) is 0.355. The van der Waals surface area contributed by atoms with Gasteiger partial charge >= 0.3 is 0 Å². The zero-order chi connectivity index (χ0) is 29.6. The van der Waals surface area contributed by atoms with Gasteiger partial charge in [0.25, 0.3) is 11.8 Å². The van der Waals surface area contributed by atoms with Gasteiger partial charge in [0.1, 0.15) is 11.5 Å². The summed E-state index contributed by atoms with van der Waals surface area (Å²) in [6.07, 6.45) is 3.93. The van der Waals surface area contributed by atoms with Gasteiger partial charge in [-0.05, 0) is 48.1 Å². The van der Waals surface area contributed by atoms with Gasteiger partial charge in [0.05, 0.1) is 30.1 Å². The minimum absolute atomic E-state index is 0.0540. The molecule has 7 rings (SSSR count). The molecule has 4 amide bonds. The lowest BCUT2D eigenvalue weighted by Gasteiger charge is -2.51. The van der Waals surface area contributed by atoms with Crippen molar-refractivity contribution >= 4 is 62.8 Å². The van der Waals surface area contributed by atoms with Crippen LogP contribution in [-0.2, 0) is 32.1 Å². The number of nitrogens with zero attached hydrogens (tertiary/aromatic N) is 2. The lowest BCUT2D eigenvalue weighted by molar-refractivity contribution is -0.141. The molecule has 1 N–H and O–H groups in total. The first kappa shape index (κ1) is 27.7. The number of hydrogen-bond donors (Lipinski definition) is 1. The van der Waals surface area contributed by atoms with Gasteiger partial charge in [-0.25, -0.2) is 0 Å². The summed E-state index contributed by atoms with van der Waals surface area (Å²) in [6, 6.07) is 14.0. The van der Waals surface area contributed by atoms with Gasteiger partial charge < -0.3 is 9.84 Å². The maximum Gasteiger partial charge on any atom is 0.254 e. The van der Waals surface area contributed by atoms with Gasteiger partial charge in [-0.15, -0.1) is 23.2 Å². The molecule has 5 aliphatic rings. The van der Waals surface area contributed by atoms with E-state index in [9.17, 15) is 24.3 Å². The number of imide groups is 2. The molecule has 2 aliphatic carbocycles. The summed E-state index contributed by atoms with van der Waals surface area (Å²) in [7, 11) is 0. The number of hydrogen-bond acceptors (Lipinski definition) is 6. The molecular formula is C31H25BrCl2N2O6. The van der Waals surface area contributed by atoms with Crippen molar-refractivity contribution in [2.75, 3.05) is 5.45 Å². The van der Waals surface area contributed by atoms with Gasteiger partial charge in [0, 0.05) is 17.9 Å². The van der Waals surface area contributed by atoms with Gasteiger partial charge in [-0.2, -0.15) is 0 Å². The number of amides is 4. The Balaban J connectivity index is 1.33. The Bertz CT molecular complexity index is 1630. The molecular weight excluding hydrogens is 647 g/mol. The molecule has 3 aliphatic heterocycles. The van der Waals surface area contributed by atoms with Gasteiger partial charge in [-0.1, -0.05) is 57.9 Å². The van der Waals surface area contributed by atoms with E-state index in [2.05, 4.69) is 15.9 Å². The number of alkyl halides is 3. The first-order valence-electron chi connectivity index (χ1n) is 13.7. The Labute approximate surface area is 260 Å². The lowest BCUT2D eigenvalue weighted by Crippen LogP contribution is -2.61. The molecule has 6 atom stereocenters. The van der Waals surface area contributed by atoms with Crippen LogP contribution >= 0.6 is 39.1 Å². The Morgan fingerprint density at radius 2 is 1.74 bits per heavy atom. The number of phenols is 1. The van der Waals surface area contributed by atoms with Crippen LogP contribution in [0, 0.1) is 23.7 Å². The van der Waals surface area contributed by atoms with E-state index in [4.69, 9.17) is 27.9 Å². The third-order valence-corrected chi connectivity index (χ3v) is 11.4. The molecule has 42 heavy (non-hydrogen) atoms. The van der Waals surface area contributed by atoms with Crippen molar-refractivity contribution in [3.63, 3.8) is 0 Å². The summed E-state index contributed by atoms with van der Waals surface area (Å²) in [5, 5.41) is 10.1. The molecule has 0 spiro atoms. The molecule has 216 valence electrons. The van der Waals surface area contributed by atoms with Crippen molar-refractivity contribution in [3.05, 3.63) is 83.1 Å². The molecule has 2 saturated heterocycles. The first-order valence-corrected chi connectivity index (χ1v) is 15.5. The third kappa shape index (κ3) is 3.66. The monoisotopic (exact) mass is 670 g/mol. The summed E-state index contributed by atoms with van der Waals surface area (Å²) in [5.41, 5.74) is 2.72. The SMILES string of the molecule is O=C1C2CC=C3C(CC4(Cl)C(=O)N(CBr)C(=O)C4(Cl)C3C3=COc4ccc(O)cc4C3)C2C(=O)N1Cc1ccccc1. The third-order valence-electron chi connectivity index (χ3n) is 9.44. The van der Waals surface area contributed by atoms with Crippen molar-refractivity contribution in [2.45, 2.75) is 35.6 Å². The minimum Gasteiger partial charge on any atom is -0.508 e. The van der Waals surface area contributed by atoms with Gasteiger partial charge in [0.15, 0.2) is 9.75 Å². The highest BCUT2D eigenvalue weighted by Gasteiger charge is 2.76. The summed E-state index contributed by atoms with van der Waals surface area (Å²) >= 11 is 17.8. The molecule has 3 heterocycles. The number of carbonyl (C=O) groups is 4. The molecule has 2 aromatic rings. The van der Waals surface area contributed by atoms with Crippen molar-refractivity contribution < 1.29 is 29.0 Å². The number of phenolic OH excluding ortho intramolecular Hbond substituents is 1. The molecule has 0 bridgehead atoms. The van der Waals surface area contributed by atoms with Crippen LogP contribution in [0.1, 0.15) is 24.0 Å². The Kier molecular flexibility index (Phi) is 6.39. The Morgan fingerprint density at radius 1 is 0.976 bits per heavy atom. The standard InChI is InChI=1S/C31H25BrCl2N2O6/c32-15-36-28(40)30(33)12-22-20(7-8-21-24(22)27(39)35(26(21)38)13-16-4-2-1-3-5-16)25(31(30,34)29(36)41)18-10-17-11-19(37)6-9-23(17)42-14-18/h1-7,9,11,14,21-22,24-25,37H,8,10,12-13,15H2. The second-order valence-corrected chi connectivity index (χ2v) is 13.3. The first-order chi connectivity index (χ1) is 20.1. The molecule has 8 nitrogen and oxygen atoms in total. The average Bonchev–Trinajstić information content (AvgIpc) is 3.30. The van der Waals surface area contributed by atoms with Crippen LogP contribution in [0.4, 0.5) is 0 Å². The lowest BCUT2D eigenvalue weighted by atomic mass is 9.56. The number of rotatable bonds is 4. The number of likely N-dealkylation sites (tertiary alicyclic amines) is 2. The van der Waals surface area contributed by atoms with Crippen LogP contribution in [0.3, 0.4) is 0 Å². The van der Waals surface area contributed by atoms with Crippen molar-refractivity contribution in [1.82, 2.24) is 9.80 Å². The molecule has 0 aromatic heterocycles. The highest BCUT2D eigenvalue weighted by molar-refractivity contribution is 9.09. The van der Waals surface area contributed by atoms with E-state index >= 15 is 0 Å². The minimum atomic E-state index is -1.90. The van der Waals surface area contributed by atoms with Gasteiger partial charge in [-0.3, -0.25) is 29.0 Å². The van der Waals surface area contributed by atoms with Crippen molar-refractivity contribution in [1.29, 1.82) is 0 Å². The van der Waals surface area contributed by atoms with Crippen LogP contribution in [0.5, 0.6) is 11.5 Å². The summed E-state index contributed by atoms with van der Waals surface area (Å²) < 4.78 is 5.92. The fourth-order valence-corrected chi connectivity index (χ4v) is 8.99. The normalized spacial score (nSPS) is 33.4. The van der Waals surface area contributed by atoms with E-state index in [0.717, 1.165) is 10.5 Å². The Hall–Kier alpha value is -3.14. The maximum absolute atomic E-state index is 14.0. The van der Waals surface area contributed by atoms with Crippen LogP contribution in [0.2, 0.25) is 0 Å². The van der Waals surface area contributed by atoms with Crippen LogP contribution in [0.15, 0.2) is 72.0 Å². The average molecular weight is 672 g/mol. The van der Waals surface area contributed by atoms with E-state index in [1.807, 2.05) is 36.4 Å². The van der Waals surface area contributed by atoms with E-state index < -0.39 is 45.2 Å². The number of ether oxygens (including phenoxy) is 1.